The Hall–Kier alpha value is -6.51. The number of aromatic amines is 2. The van der Waals surface area contributed by atoms with Gasteiger partial charge in [0.1, 0.15) is 12.2 Å². The minimum Gasteiger partial charge on any atom is -0.441 e. The van der Waals surface area contributed by atoms with E-state index < -0.39 is 73.4 Å². The van der Waals surface area contributed by atoms with E-state index in [0.717, 1.165) is 17.0 Å². The second kappa shape index (κ2) is 16.7. The van der Waals surface area contributed by atoms with Crippen molar-refractivity contribution >= 4 is 52.9 Å². The number of alkyl halides is 6. The number of cyclic esters (lactones) is 2. The van der Waals surface area contributed by atoms with Crippen LogP contribution in [0.5, 0.6) is 0 Å². The summed E-state index contributed by atoms with van der Waals surface area (Å²) in [4.78, 5) is 74.3. The molecule has 2 saturated heterocycles. The lowest BCUT2D eigenvalue weighted by atomic mass is 10.0. The van der Waals surface area contributed by atoms with Gasteiger partial charge in [0, 0.05) is 44.7 Å². The van der Waals surface area contributed by atoms with Crippen molar-refractivity contribution in [3.63, 3.8) is 0 Å². The highest BCUT2D eigenvalue weighted by Gasteiger charge is 2.37. The van der Waals surface area contributed by atoms with E-state index in [0.29, 0.717) is 16.5 Å². The van der Waals surface area contributed by atoms with Gasteiger partial charge in [0.25, 0.3) is 11.1 Å². The molecule has 0 saturated carbocycles. The normalized spacial score (nSPS) is 17.0. The molecule has 0 bridgehead atoms. The number of aromatic nitrogens is 2. The molecule has 5 N–H and O–H groups in total. The van der Waals surface area contributed by atoms with Crippen LogP contribution in [0.25, 0.3) is 44.1 Å². The first-order chi connectivity index (χ1) is 29.2. The molecule has 15 nitrogen and oxygen atoms in total. The fraction of sp³-hybridized carbons (Fsp3) is 0.200. The van der Waals surface area contributed by atoms with Crippen molar-refractivity contribution in [2.45, 2.75) is 24.6 Å². The van der Waals surface area contributed by atoms with Gasteiger partial charge in [0.15, 0.2) is 0 Å². The Morgan fingerprint density at radius 2 is 1.06 bits per heavy atom. The van der Waals surface area contributed by atoms with Crippen molar-refractivity contribution in [2.75, 3.05) is 36.1 Å². The fourth-order valence-electron chi connectivity index (χ4n) is 6.88. The third-order valence-electron chi connectivity index (χ3n) is 9.71. The van der Waals surface area contributed by atoms with Crippen molar-refractivity contribution in [2.24, 2.45) is 0 Å². The second-order valence-corrected chi connectivity index (χ2v) is 15.1. The molecule has 2 atom stereocenters. The van der Waals surface area contributed by atoms with Crippen LogP contribution in [0.4, 0.5) is 47.3 Å². The highest BCUT2D eigenvalue weighted by atomic mass is 31.2. The number of pyridine rings is 2. The molecule has 4 heterocycles. The van der Waals surface area contributed by atoms with Gasteiger partial charge in [-0.25, -0.2) is 14.2 Å². The van der Waals surface area contributed by atoms with Gasteiger partial charge in [-0.15, -0.1) is 0 Å². The summed E-state index contributed by atoms with van der Waals surface area (Å²) < 4.78 is 105. The molecular weight excluding hydrogens is 857 g/mol. The van der Waals surface area contributed by atoms with Crippen LogP contribution in [0.3, 0.4) is 0 Å². The number of nitrogens with zero attached hydrogens (tertiary/aromatic N) is 2. The van der Waals surface area contributed by atoms with Crippen LogP contribution in [0.2, 0.25) is 0 Å². The van der Waals surface area contributed by atoms with Gasteiger partial charge in [-0.2, -0.15) is 26.3 Å². The van der Waals surface area contributed by atoms with Gasteiger partial charge >= 0.3 is 32.4 Å². The third-order valence-corrected chi connectivity index (χ3v) is 10.2. The molecule has 0 radical (unpaired) electrons. The number of carbonyl (C=O) groups excluding carboxylic acids is 2. The first-order valence-electron chi connectivity index (χ1n) is 18.1. The van der Waals surface area contributed by atoms with E-state index in [1.807, 2.05) is 0 Å². The molecule has 0 unspecified atom stereocenters. The quantitative estimate of drug-likeness (QED) is 0.0763. The molecule has 22 heteroatoms. The number of halogens is 6. The van der Waals surface area contributed by atoms with Crippen LogP contribution in [-0.4, -0.2) is 75.6 Å². The molecule has 0 spiro atoms. The molecule has 6 aromatic rings. The minimum atomic E-state index is -4.74. The van der Waals surface area contributed by atoms with Crippen molar-refractivity contribution < 1.29 is 69.4 Å². The smallest absolute Gasteiger partial charge is 0.441 e. The topological polar surface area (TPSA) is 212 Å². The number of hydrogen-bond acceptors (Lipinski definition) is 9. The molecule has 2 aliphatic heterocycles. The molecule has 4 aromatic carbocycles. The fourth-order valence-corrected chi connectivity index (χ4v) is 7.24. The van der Waals surface area contributed by atoms with E-state index in [1.54, 1.807) is 12.1 Å². The lowest BCUT2D eigenvalue weighted by Gasteiger charge is -2.15. The summed E-state index contributed by atoms with van der Waals surface area (Å²) >= 11 is 0. The zero-order valence-corrected chi connectivity index (χ0v) is 32.3. The SMILES string of the molecule is O=C1O[C@H](CO)CN1c1ccc2cc(-c3ccccc3C(F)(F)F)[nH]c(=O)c2c1.O=C1O[C@H](COP(=O)(O)O)CN1c1ccc2cc(-c3ccccc3C(F)(F)F)[nH]c(=O)c2c1. The number of nitrogens with one attached hydrogen (secondary N) is 2. The maximum Gasteiger partial charge on any atom is 0.469 e. The number of phosphoric acid groups is 1. The molecular formula is C40H31F6N4O11P. The maximum atomic E-state index is 13.4. The highest BCUT2D eigenvalue weighted by Crippen LogP contribution is 2.39. The maximum absolute atomic E-state index is 13.4. The minimum absolute atomic E-state index is 0.0107. The Morgan fingerprint density at radius 1 is 0.645 bits per heavy atom. The summed E-state index contributed by atoms with van der Waals surface area (Å²) in [5, 5.41) is 10.3. The molecule has 62 heavy (non-hydrogen) atoms. The zero-order chi connectivity index (χ0) is 44.7. The van der Waals surface area contributed by atoms with Crippen molar-refractivity contribution in [3.05, 3.63) is 129 Å². The van der Waals surface area contributed by atoms with Gasteiger partial charge in [-0.05, 0) is 59.3 Å². The van der Waals surface area contributed by atoms with Crippen LogP contribution >= 0.6 is 7.82 Å². The van der Waals surface area contributed by atoms with Crippen molar-refractivity contribution in [3.8, 4) is 22.5 Å². The molecule has 8 rings (SSSR count). The Bertz CT molecular complexity index is 2880. The molecule has 2 aromatic heterocycles. The number of fused-ring (bicyclic) bond motifs is 2. The van der Waals surface area contributed by atoms with Gasteiger partial charge in [-0.1, -0.05) is 48.5 Å². The lowest BCUT2D eigenvalue weighted by molar-refractivity contribution is -0.137. The summed E-state index contributed by atoms with van der Waals surface area (Å²) in [6.45, 7) is -0.796. The van der Waals surface area contributed by atoms with Crippen LogP contribution in [0.1, 0.15) is 11.1 Å². The summed E-state index contributed by atoms with van der Waals surface area (Å²) in [6.07, 6.45) is -12.2. The number of carbonyl (C=O) groups is 2. The molecule has 2 amide bonds. The number of phosphoric ester groups is 1. The first-order valence-corrected chi connectivity index (χ1v) is 19.7. The summed E-state index contributed by atoms with van der Waals surface area (Å²) in [5.74, 6) is 0. The molecule has 0 aliphatic carbocycles. The standard InChI is InChI=1S/C20H16F3N2O7P.C20H15F3N2O4/c21-20(22,23)16-4-2-1-3-14(16)17-7-11-5-6-12(8-15(11)18(26)24-17)25-9-13(32-19(25)27)10-31-33(28,29)30;21-20(22,23)16-4-2-1-3-14(16)17-7-11-5-6-12(8-15(11)18(27)24-17)25-9-13(10-26)29-19(25)28/h1-8,13H,9-10H2,(H,24,26)(H2,28,29,30);1-8,13,26H,9-10H2,(H,24,27)/t2*13-/m00/s1. The van der Waals surface area contributed by atoms with E-state index in [2.05, 4.69) is 14.5 Å². The van der Waals surface area contributed by atoms with Crippen LogP contribution in [0.15, 0.2) is 107 Å². The van der Waals surface area contributed by atoms with Gasteiger partial charge in [0.05, 0.1) is 37.4 Å². The van der Waals surface area contributed by atoms with Crippen molar-refractivity contribution in [1.82, 2.24) is 9.97 Å². The average molecular weight is 889 g/mol. The first kappa shape index (κ1) is 43.6. The number of anilines is 2. The molecule has 324 valence electrons. The number of hydrogen-bond donors (Lipinski definition) is 5. The number of aliphatic hydroxyl groups is 1. The van der Waals surface area contributed by atoms with E-state index >= 15 is 0 Å². The summed E-state index contributed by atoms with van der Waals surface area (Å²) in [7, 11) is -4.74. The summed E-state index contributed by atoms with van der Waals surface area (Å²) in [5.41, 5.74) is -2.58. The van der Waals surface area contributed by atoms with Crippen molar-refractivity contribution in [1.29, 1.82) is 0 Å². The monoisotopic (exact) mass is 888 g/mol. The third kappa shape index (κ3) is 9.36. The van der Waals surface area contributed by atoms with Crippen LogP contribution in [0, 0.1) is 0 Å². The molecule has 2 fully saturated rings. The number of H-pyrrole nitrogens is 2. The molecule has 2 aliphatic rings. The Labute approximate surface area is 343 Å². The van der Waals surface area contributed by atoms with Gasteiger partial charge < -0.3 is 34.3 Å². The van der Waals surface area contributed by atoms with E-state index in [1.165, 1.54) is 77.7 Å². The Morgan fingerprint density at radius 3 is 1.47 bits per heavy atom. The Balaban J connectivity index is 0.000000188. The second-order valence-electron chi connectivity index (χ2n) is 13.9. The highest BCUT2D eigenvalue weighted by molar-refractivity contribution is 7.46. The predicted octanol–water partition coefficient (Wildman–Crippen LogP) is 7.18. The number of amides is 2. The van der Waals surface area contributed by atoms with Crippen LogP contribution < -0.4 is 20.9 Å². The van der Waals surface area contributed by atoms with E-state index in [4.69, 9.17) is 24.4 Å². The lowest BCUT2D eigenvalue weighted by Crippen LogP contribution is -2.26. The van der Waals surface area contributed by atoms with Gasteiger partial charge in [0.2, 0.25) is 0 Å². The van der Waals surface area contributed by atoms with Gasteiger partial charge in [-0.3, -0.25) is 23.9 Å². The largest absolute Gasteiger partial charge is 0.469 e. The van der Waals surface area contributed by atoms with Crippen LogP contribution in [-0.2, 0) is 30.9 Å². The summed E-state index contributed by atoms with van der Waals surface area (Å²) in [6, 6.07) is 21.7. The average Bonchev–Trinajstić information content (AvgIpc) is 3.80. The zero-order valence-electron chi connectivity index (χ0n) is 31.4. The Kier molecular flexibility index (Phi) is 11.8. The number of rotatable bonds is 8. The number of benzene rings is 4. The van der Waals surface area contributed by atoms with E-state index in [-0.39, 0.29) is 58.7 Å². The number of aliphatic hydroxyl groups excluding tert-OH is 1. The predicted molar refractivity (Wildman–Crippen MR) is 210 cm³/mol. The van der Waals surface area contributed by atoms with E-state index in [9.17, 15) is 50.1 Å². The number of ether oxygens (including phenoxy) is 2.